The third kappa shape index (κ3) is 2.58. The number of hydrogen-bond acceptors (Lipinski definition) is 3. The zero-order chi connectivity index (χ0) is 14.1. The van der Waals surface area contributed by atoms with E-state index < -0.39 is 0 Å². The molecule has 3 heterocycles. The molecule has 0 bridgehead atoms. The largest absolute Gasteiger partial charge is 0.393 e. The van der Waals surface area contributed by atoms with Gasteiger partial charge in [-0.3, -0.25) is 4.90 Å². The molecule has 0 radical (unpaired) electrons. The molecule has 2 aromatic heterocycles. The molecule has 1 unspecified atom stereocenters. The zero-order valence-corrected chi connectivity index (χ0v) is 12.3. The van der Waals surface area contributed by atoms with Crippen LogP contribution in [-0.2, 0) is 6.54 Å². The van der Waals surface area contributed by atoms with Crippen molar-refractivity contribution in [1.29, 1.82) is 0 Å². The summed E-state index contributed by atoms with van der Waals surface area (Å²) >= 11 is 0. The molecule has 0 aromatic carbocycles. The minimum atomic E-state index is -0.172. The first-order valence-corrected chi connectivity index (χ1v) is 7.48. The highest BCUT2D eigenvalue weighted by Gasteiger charge is 2.23. The Bertz CT molecular complexity index is 582. The number of aliphatic hydroxyl groups excluding tert-OH is 1. The van der Waals surface area contributed by atoms with Crippen molar-refractivity contribution in [2.24, 2.45) is 5.92 Å². The topological polar surface area (TPSA) is 40.8 Å². The first-order valence-electron chi connectivity index (χ1n) is 7.48. The van der Waals surface area contributed by atoms with E-state index in [4.69, 9.17) is 0 Å². The van der Waals surface area contributed by atoms with Gasteiger partial charge in [-0.2, -0.15) is 0 Å². The summed E-state index contributed by atoms with van der Waals surface area (Å²) in [6, 6.07) is 6.13. The van der Waals surface area contributed by atoms with Gasteiger partial charge >= 0.3 is 0 Å². The van der Waals surface area contributed by atoms with Crippen molar-refractivity contribution in [2.75, 3.05) is 13.1 Å². The van der Waals surface area contributed by atoms with Crippen LogP contribution in [0.5, 0.6) is 0 Å². The van der Waals surface area contributed by atoms with Crippen molar-refractivity contribution < 1.29 is 5.11 Å². The number of nitrogens with zero attached hydrogens (tertiary/aromatic N) is 3. The van der Waals surface area contributed by atoms with Crippen LogP contribution in [0.1, 0.15) is 31.2 Å². The quantitative estimate of drug-likeness (QED) is 0.932. The Labute approximate surface area is 120 Å². The summed E-state index contributed by atoms with van der Waals surface area (Å²) in [5.41, 5.74) is 3.43. The smallest absolute Gasteiger partial charge is 0.137 e. The van der Waals surface area contributed by atoms with Gasteiger partial charge in [0.1, 0.15) is 5.65 Å². The minimum absolute atomic E-state index is 0.172. The van der Waals surface area contributed by atoms with Gasteiger partial charge in [-0.05, 0) is 57.8 Å². The molecular formula is C16H23N3O. The lowest BCUT2D eigenvalue weighted by atomic mass is 9.92. The highest BCUT2D eigenvalue weighted by molar-refractivity contribution is 5.42. The highest BCUT2D eigenvalue weighted by Crippen LogP contribution is 2.23. The van der Waals surface area contributed by atoms with Gasteiger partial charge in [0.25, 0.3) is 0 Å². The lowest BCUT2D eigenvalue weighted by molar-refractivity contribution is 0.0690. The minimum Gasteiger partial charge on any atom is -0.393 e. The van der Waals surface area contributed by atoms with Crippen molar-refractivity contribution in [2.45, 2.75) is 39.3 Å². The van der Waals surface area contributed by atoms with E-state index in [1.54, 1.807) is 0 Å². The molecule has 0 aliphatic carbocycles. The first-order chi connectivity index (χ1) is 9.65. The molecule has 2 aromatic rings. The number of aromatic nitrogens is 2. The predicted octanol–water partition coefficient (Wildman–Crippen LogP) is 2.24. The molecular weight excluding hydrogens is 250 g/mol. The van der Waals surface area contributed by atoms with E-state index in [2.05, 4.69) is 39.5 Å². The van der Waals surface area contributed by atoms with Gasteiger partial charge in [-0.25, -0.2) is 4.98 Å². The predicted molar refractivity (Wildman–Crippen MR) is 79.6 cm³/mol. The standard InChI is InChI=1S/C16H23N3O/c1-12-15(19-8-4-3-5-16(19)17-12)11-18-9-6-14(7-10-18)13(2)20/h3-5,8,13-14,20H,6-7,9-11H2,1-2H3. The Kier molecular flexibility index (Phi) is 3.76. The van der Waals surface area contributed by atoms with E-state index >= 15 is 0 Å². The molecule has 0 spiro atoms. The molecule has 1 fully saturated rings. The van der Waals surface area contributed by atoms with Crippen molar-refractivity contribution in [3.05, 3.63) is 35.8 Å². The van der Waals surface area contributed by atoms with E-state index in [1.165, 1.54) is 5.69 Å². The number of pyridine rings is 1. The van der Waals surface area contributed by atoms with E-state index in [9.17, 15) is 5.11 Å². The third-order valence-corrected chi connectivity index (χ3v) is 4.52. The average molecular weight is 273 g/mol. The zero-order valence-electron chi connectivity index (χ0n) is 12.3. The number of likely N-dealkylation sites (tertiary alicyclic amines) is 1. The Morgan fingerprint density at radius 1 is 1.35 bits per heavy atom. The summed E-state index contributed by atoms with van der Waals surface area (Å²) in [4.78, 5) is 7.09. The molecule has 20 heavy (non-hydrogen) atoms. The van der Waals surface area contributed by atoms with Gasteiger partial charge in [-0.1, -0.05) is 6.07 Å². The number of hydrogen-bond donors (Lipinski definition) is 1. The van der Waals surface area contributed by atoms with Crippen LogP contribution in [0.15, 0.2) is 24.4 Å². The Morgan fingerprint density at radius 3 is 2.80 bits per heavy atom. The van der Waals surface area contributed by atoms with Gasteiger partial charge in [0, 0.05) is 12.7 Å². The molecule has 1 N–H and O–H groups in total. The van der Waals surface area contributed by atoms with Gasteiger partial charge < -0.3 is 9.51 Å². The molecule has 4 heteroatoms. The molecule has 1 aliphatic rings. The van der Waals surface area contributed by atoms with Crippen LogP contribution in [0.4, 0.5) is 0 Å². The van der Waals surface area contributed by atoms with Crippen LogP contribution >= 0.6 is 0 Å². The SMILES string of the molecule is Cc1nc2ccccn2c1CN1CCC(C(C)O)CC1. The summed E-state index contributed by atoms with van der Waals surface area (Å²) in [7, 11) is 0. The molecule has 0 amide bonds. The highest BCUT2D eigenvalue weighted by atomic mass is 16.3. The van der Waals surface area contributed by atoms with Crippen molar-refractivity contribution >= 4 is 5.65 Å². The molecule has 1 aliphatic heterocycles. The van der Waals surface area contributed by atoms with Crippen LogP contribution in [0.3, 0.4) is 0 Å². The van der Waals surface area contributed by atoms with Crippen LogP contribution in [0, 0.1) is 12.8 Å². The second kappa shape index (κ2) is 5.54. The molecule has 3 rings (SSSR count). The second-order valence-electron chi connectivity index (χ2n) is 5.93. The van der Waals surface area contributed by atoms with Gasteiger partial charge in [-0.15, -0.1) is 0 Å². The Morgan fingerprint density at radius 2 is 2.10 bits per heavy atom. The maximum Gasteiger partial charge on any atom is 0.137 e. The maximum absolute atomic E-state index is 9.67. The summed E-state index contributed by atoms with van der Waals surface area (Å²) in [6.45, 7) is 7.08. The lowest BCUT2D eigenvalue weighted by Crippen LogP contribution is -2.36. The third-order valence-electron chi connectivity index (χ3n) is 4.52. The number of aliphatic hydroxyl groups is 1. The van der Waals surface area contributed by atoms with Crippen molar-refractivity contribution in [3.63, 3.8) is 0 Å². The first kappa shape index (κ1) is 13.6. The van der Waals surface area contributed by atoms with Crippen LogP contribution in [-0.4, -0.2) is 38.6 Å². The number of fused-ring (bicyclic) bond motifs is 1. The van der Waals surface area contributed by atoms with Crippen molar-refractivity contribution in [1.82, 2.24) is 14.3 Å². The van der Waals surface area contributed by atoms with E-state index in [-0.39, 0.29) is 6.10 Å². The van der Waals surface area contributed by atoms with Crippen LogP contribution in [0.2, 0.25) is 0 Å². The Balaban J connectivity index is 1.73. The van der Waals surface area contributed by atoms with Crippen molar-refractivity contribution in [3.8, 4) is 0 Å². The fourth-order valence-electron chi connectivity index (χ4n) is 3.16. The van der Waals surface area contributed by atoms with E-state index in [1.807, 2.05) is 13.0 Å². The summed E-state index contributed by atoms with van der Waals surface area (Å²) in [5.74, 6) is 0.467. The molecule has 108 valence electrons. The summed E-state index contributed by atoms with van der Waals surface area (Å²) < 4.78 is 2.19. The van der Waals surface area contributed by atoms with Gasteiger partial charge in [0.15, 0.2) is 0 Å². The fourth-order valence-corrected chi connectivity index (χ4v) is 3.16. The number of imidazole rings is 1. The second-order valence-corrected chi connectivity index (χ2v) is 5.93. The van der Waals surface area contributed by atoms with Gasteiger partial charge in [0.2, 0.25) is 0 Å². The normalized spacial score (nSPS) is 19.6. The van der Waals surface area contributed by atoms with E-state index in [0.717, 1.165) is 43.8 Å². The summed E-state index contributed by atoms with van der Waals surface area (Å²) in [6.07, 6.45) is 4.10. The molecule has 1 atom stereocenters. The lowest BCUT2D eigenvalue weighted by Gasteiger charge is -2.33. The number of aryl methyl sites for hydroxylation is 1. The Hall–Kier alpha value is -1.39. The summed E-state index contributed by atoms with van der Waals surface area (Å²) in [5, 5.41) is 9.67. The number of piperidine rings is 1. The van der Waals surface area contributed by atoms with Crippen LogP contribution < -0.4 is 0 Å². The molecule has 1 saturated heterocycles. The van der Waals surface area contributed by atoms with Crippen LogP contribution in [0.25, 0.3) is 5.65 Å². The fraction of sp³-hybridized carbons (Fsp3) is 0.562. The monoisotopic (exact) mass is 273 g/mol. The average Bonchev–Trinajstić information content (AvgIpc) is 2.76. The van der Waals surface area contributed by atoms with E-state index in [0.29, 0.717) is 5.92 Å². The number of rotatable bonds is 3. The molecule has 0 saturated carbocycles. The molecule has 4 nitrogen and oxygen atoms in total. The van der Waals surface area contributed by atoms with Gasteiger partial charge in [0.05, 0.1) is 17.5 Å². The maximum atomic E-state index is 9.67.